The van der Waals surface area contributed by atoms with Crippen molar-refractivity contribution in [1.82, 2.24) is 0 Å². The molecule has 67 heavy (non-hydrogen) atoms. The van der Waals surface area contributed by atoms with Crippen LogP contribution in [0.4, 0.5) is 62.6 Å². The summed E-state index contributed by atoms with van der Waals surface area (Å²) < 4.78 is 3.22. The van der Waals surface area contributed by atoms with E-state index in [-0.39, 0.29) is 0 Å². The fourth-order valence-electron chi connectivity index (χ4n) is 7.50. The van der Waals surface area contributed by atoms with E-state index in [1.54, 1.807) is 0 Å². The highest BCUT2D eigenvalue weighted by molar-refractivity contribution is 9.11. The fraction of sp³-hybridized carbons (Fsp3) is 0. The summed E-state index contributed by atoms with van der Waals surface area (Å²) in [6, 6.07) is 96.6. The Morgan fingerprint density at radius 2 is 0.388 bits per heavy atom. The van der Waals surface area contributed by atoms with Crippen LogP contribution >= 0.6 is 47.8 Å². The largest absolute Gasteiger partial charge is 0.356 e. The number of benzene rings is 10. The van der Waals surface area contributed by atoms with Crippen LogP contribution in [0.15, 0.2) is 292 Å². The molecule has 10 rings (SSSR count). The molecule has 0 aliphatic heterocycles. The van der Waals surface area contributed by atoms with Crippen molar-refractivity contribution < 1.29 is 0 Å². The van der Waals surface area contributed by atoms with E-state index >= 15 is 0 Å². The number of halogens is 3. The second kappa shape index (κ2) is 23.9. The van der Waals surface area contributed by atoms with Crippen molar-refractivity contribution in [3.63, 3.8) is 0 Å². The first-order valence-corrected chi connectivity index (χ1v) is 24.2. The van der Waals surface area contributed by atoms with Gasteiger partial charge in [-0.3, -0.25) is 0 Å². The van der Waals surface area contributed by atoms with E-state index in [4.69, 9.17) is 0 Å². The summed E-state index contributed by atoms with van der Waals surface area (Å²) >= 11 is 10.1. The Morgan fingerprint density at radius 3 is 0.582 bits per heavy atom. The quantitative estimate of drug-likeness (QED) is 0.139. The van der Waals surface area contributed by atoms with Crippen molar-refractivity contribution in [2.45, 2.75) is 0 Å². The van der Waals surface area contributed by atoms with Gasteiger partial charge in [0, 0.05) is 58.9 Å². The molecule has 1 N–H and O–H groups in total. The normalized spacial score (nSPS) is 10.3. The second-order valence-corrected chi connectivity index (χ2v) is 17.9. The molecular formula is C60H47Br3N4. The molecule has 0 aliphatic carbocycles. The molecule has 0 spiro atoms. The molecule has 0 fully saturated rings. The average molecular weight is 1060 g/mol. The van der Waals surface area contributed by atoms with Crippen LogP contribution in [0, 0.1) is 0 Å². The number of rotatable bonds is 11. The highest BCUT2D eigenvalue weighted by Gasteiger charge is 2.22. The first kappa shape index (κ1) is 46.4. The molecule has 0 saturated carbocycles. The maximum atomic E-state index is 3.35. The van der Waals surface area contributed by atoms with Crippen molar-refractivity contribution in [3.05, 3.63) is 292 Å². The molecule has 10 aromatic carbocycles. The lowest BCUT2D eigenvalue weighted by Crippen LogP contribution is -2.16. The number of nitrogens with one attached hydrogen (secondary N) is 1. The summed E-state index contributed by atoms with van der Waals surface area (Å²) in [5.41, 5.74) is 11.9. The van der Waals surface area contributed by atoms with Gasteiger partial charge in [-0.2, -0.15) is 0 Å². The minimum absolute atomic E-state index is 1.05. The number of hydrogen-bond acceptors (Lipinski definition) is 4. The van der Waals surface area contributed by atoms with E-state index in [1.807, 2.05) is 78.9 Å². The third-order valence-corrected chi connectivity index (χ3v) is 11.8. The van der Waals surface area contributed by atoms with Gasteiger partial charge in [-0.1, -0.05) is 193 Å². The minimum atomic E-state index is 1.05. The average Bonchev–Trinajstić information content (AvgIpc) is 3.37. The molecule has 0 heterocycles. The third-order valence-electron chi connectivity index (χ3n) is 10.4. The molecular weight excluding hydrogens is 1020 g/mol. The van der Waals surface area contributed by atoms with Gasteiger partial charge < -0.3 is 20.0 Å². The molecule has 0 saturated heterocycles. The van der Waals surface area contributed by atoms with Crippen molar-refractivity contribution in [2.75, 3.05) is 20.0 Å². The zero-order valence-corrected chi connectivity index (χ0v) is 41.3. The highest BCUT2D eigenvalue weighted by atomic mass is 79.9. The molecule has 4 nitrogen and oxygen atoms in total. The highest BCUT2D eigenvalue weighted by Crippen LogP contribution is 2.45. The molecule has 328 valence electrons. The molecule has 7 heteroatoms. The van der Waals surface area contributed by atoms with Gasteiger partial charge in [-0.15, -0.1) is 0 Å². The molecule has 0 unspecified atom stereocenters. The van der Waals surface area contributed by atoms with E-state index in [2.05, 4.69) is 268 Å². The molecule has 0 aliphatic rings. The van der Waals surface area contributed by atoms with Crippen LogP contribution in [0.5, 0.6) is 0 Å². The smallest absolute Gasteiger partial charge is 0.0503 e. The summed E-state index contributed by atoms with van der Waals surface area (Å²) in [6.45, 7) is 0. The van der Waals surface area contributed by atoms with Crippen molar-refractivity contribution >= 4 is 110 Å². The van der Waals surface area contributed by atoms with Crippen molar-refractivity contribution in [2.24, 2.45) is 0 Å². The van der Waals surface area contributed by atoms with Gasteiger partial charge in [0.1, 0.15) is 0 Å². The first-order valence-electron chi connectivity index (χ1n) is 21.8. The van der Waals surface area contributed by atoms with Crippen LogP contribution in [-0.4, -0.2) is 0 Å². The Morgan fingerprint density at radius 1 is 0.209 bits per heavy atom. The molecule has 0 atom stereocenters. The van der Waals surface area contributed by atoms with Crippen LogP contribution in [-0.2, 0) is 0 Å². The number of hydrogen-bond donors (Lipinski definition) is 1. The maximum Gasteiger partial charge on any atom is 0.0503 e. The van der Waals surface area contributed by atoms with Gasteiger partial charge in [-0.05, 0) is 133 Å². The van der Waals surface area contributed by atoms with E-state index < -0.39 is 0 Å². The van der Waals surface area contributed by atoms with Gasteiger partial charge >= 0.3 is 0 Å². The van der Waals surface area contributed by atoms with E-state index in [0.29, 0.717) is 0 Å². The lowest BCUT2D eigenvalue weighted by atomic mass is 10.1. The van der Waals surface area contributed by atoms with Gasteiger partial charge in [0.25, 0.3) is 0 Å². The van der Waals surface area contributed by atoms with Crippen LogP contribution in [0.25, 0.3) is 0 Å². The van der Waals surface area contributed by atoms with Crippen molar-refractivity contribution in [1.29, 1.82) is 0 Å². The van der Waals surface area contributed by atoms with Crippen LogP contribution in [0.1, 0.15) is 0 Å². The fourth-order valence-corrected chi connectivity index (χ4v) is 9.90. The van der Waals surface area contributed by atoms with Gasteiger partial charge in [0.05, 0.1) is 17.1 Å². The summed E-state index contributed by atoms with van der Waals surface area (Å²) in [5, 5.41) is 3.30. The van der Waals surface area contributed by atoms with Crippen LogP contribution in [0.3, 0.4) is 0 Å². The lowest BCUT2D eigenvalue weighted by Gasteiger charge is -2.33. The standard InChI is InChI=1S/C42H33N3.C12H11N.C6H3Br3/c1-7-19-34(20-8-1)43(35-21-9-2-10-22-35)40-31-41(44(36-23-11-3-12-24-36)37-25-13-4-14-26-37)33-42(32-40)45(38-27-15-5-16-28-38)39-29-17-6-18-30-39;1-3-7-11(8-4-1)13-12-9-5-2-6-10-12;7-4-1-5(8)3-6(9)2-4/h1-33H;1-10,13H;1-3H. The predicted octanol–water partition coefficient (Wildman–Crippen LogP) is 19.5. The Labute approximate surface area is 419 Å². The predicted molar refractivity (Wildman–Crippen MR) is 296 cm³/mol. The third kappa shape index (κ3) is 13.0. The van der Waals surface area contributed by atoms with Gasteiger partial charge in [-0.25, -0.2) is 0 Å². The molecule has 0 amide bonds. The Hall–Kier alpha value is -7.16. The maximum absolute atomic E-state index is 3.35. The summed E-state index contributed by atoms with van der Waals surface area (Å²) in [4.78, 5) is 6.99. The molecule has 10 aromatic rings. The first-order chi connectivity index (χ1) is 33.0. The van der Waals surface area contributed by atoms with E-state index in [0.717, 1.165) is 76.0 Å². The minimum Gasteiger partial charge on any atom is -0.356 e. The van der Waals surface area contributed by atoms with Crippen molar-refractivity contribution in [3.8, 4) is 0 Å². The Balaban J connectivity index is 0.000000225. The lowest BCUT2D eigenvalue weighted by molar-refractivity contribution is 1.22. The second-order valence-electron chi connectivity index (χ2n) is 15.2. The zero-order valence-electron chi connectivity index (χ0n) is 36.5. The summed E-state index contributed by atoms with van der Waals surface area (Å²) in [7, 11) is 0. The van der Waals surface area contributed by atoms with Crippen LogP contribution in [0.2, 0.25) is 0 Å². The van der Waals surface area contributed by atoms with Gasteiger partial charge in [0.2, 0.25) is 0 Å². The number of nitrogens with zero attached hydrogens (tertiary/aromatic N) is 3. The Bertz CT molecular complexity index is 2560. The number of anilines is 11. The van der Waals surface area contributed by atoms with Gasteiger partial charge in [0.15, 0.2) is 0 Å². The van der Waals surface area contributed by atoms with Crippen LogP contribution < -0.4 is 20.0 Å². The molecule has 0 aromatic heterocycles. The SMILES string of the molecule is Brc1cc(Br)cc(Br)c1.c1ccc(N(c2ccccc2)c2cc(N(c3ccccc3)c3ccccc3)cc(N(c3ccccc3)c3ccccc3)c2)cc1.c1ccc(Nc2ccccc2)cc1. The van der Waals surface area contributed by atoms with E-state index in [9.17, 15) is 0 Å². The zero-order chi connectivity index (χ0) is 46.0. The molecule has 0 radical (unpaired) electrons. The number of para-hydroxylation sites is 8. The monoisotopic (exact) mass is 1060 g/mol. The summed E-state index contributed by atoms with van der Waals surface area (Å²) in [5.74, 6) is 0. The topological polar surface area (TPSA) is 21.8 Å². The van der Waals surface area contributed by atoms with E-state index in [1.165, 1.54) is 0 Å². The Kier molecular flexibility index (Phi) is 16.5. The molecule has 0 bridgehead atoms. The summed E-state index contributed by atoms with van der Waals surface area (Å²) in [6.07, 6.45) is 0.